The Morgan fingerprint density at radius 3 is 2.49 bits per heavy atom. The molecule has 16 nitrogen and oxygen atoms in total. The maximum atomic E-state index is 14.8. The number of methoxy groups -OCH3 is 1. The van der Waals surface area contributed by atoms with E-state index in [-0.39, 0.29) is 25.5 Å². The number of fused-ring (bicyclic) bond motifs is 5. The van der Waals surface area contributed by atoms with Gasteiger partial charge in [-0.05, 0) is 82.4 Å². The molecule has 0 bridgehead atoms. The normalized spacial score (nSPS) is 26.7. The third kappa shape index (κ3) is 8.48. The van der Waals surface area contributed by atoms with E-state index in [0.29, 0.717) is 60.6 Å². The number of aromatic nitrogens is 3. The summed E-state index contributed by atoms with van der Waals surface area (Å²) < 4.78 is 47.8. The van der Waals surface area contributed by atoms with Crippen LogP contribution in [-0.4, -0.2) is 100 Å². The predicted molar refractivity (Wildman–Crippen MR) is 224 cm³/mol. The third-order valence-electron chi connectivity index (χ3n) is 12.6. The van der Waals surface area contributed by atoms with Gasteiger partial charge < -0.3 is 29.7 Å². The van der Waals surface area contributed by atoms with E-state index in [1.807, 2.05) is 60.7 Å². The summed E-state index contributed by atoms with van der Waals surface area (Å²) >= 11 is 0. The second kappa shape index (κ2) is 16.6. The van der Waals surface area contributed by atoms with E-state index in [1.54, 1.807) is 17.7 Å². The van der Waals surface area contributed by atoms with E-state index < -0.39 is 68.7 Å². The lowest BCUT2D eigenvalue weighted by Crippen LogP contribution is -2.58. The topological polar surface area (TPSA) is 200 Å². The van der Waals surface area contributed by atoms with Gasteiger partial charge in [0.2, 0.25) is 27.7 Å². The molecule has 4 amide bonds. The quantitative estimate of drug-likeness (QED) is 0.193. The Morgan fingerprint density at radius 2 is 1.72 bits per heavy atom. The number of sulfonamides is 1. The minimum atomic E-state index is -3.92. The Bertz CT molecular complexity index is 2480. The van der Waals surface area contributed by atoms with Crippen LogP contribution in [0.2, 0.25) is 0 Å². The van der Waals surface area contributed by atoms with Crippen molar-refractivity contribution < 1.29 is 41.8 Å². The van der Waals surface area contributed by atoms with Gasteiger partial charge in [-0.3, -0.25) is 19.1 Å². The van der Waals surface area contributed by atoms with Gasteiger partial charge in [0.05, 0.1) is 35.5 Å². The Hall–Kier alpha value is -5.71. The molecule has 3 aliphatic carbocycles. The largest absolute Gasteiger partial charge is 0.497 e. The zero-order valence-corrected chi connectivity index (χ0v) is 34.9. The summed E-state index contributed by atoms with van der Waals surface area (Å²) in [5.74, 6) is -1.39. The highest BCUT2D eigenvalue weighted by Gasteiger charge is 2.62. The van der Waals surface area contributed by atoms with Crippen molar-refractivity contribution in [3.05, 3.63) is 66.7 Å². The van der Waals surface area contributed by atoms with E-state index >= 15 is 0 Å². The monoisotopic (exact) mass is 853 g/mol. The maximum Gasteiger partial charge on any atom is 0.408 e. The first-order valence-electron chi connectivity index (χ1n) is 21.4. The van der Waals surface area contributed by atoms with E-state index in [2.05, 4.69) is 15.4 Å². The molecule has 5 atom stereocenters. The lowest BCUT2D eigenvalue weighted by molar-refractivity contribution is -0.141. The number of allylic oxidation sites excluding steroid dienone is 1. The number of benzene rings is 2. The molecule has 2 aromatic heterocycles. The molecule has 5 aliphatic rings. The van der Waals surface area contributed by atoms with Crippen molar-refractivity contribution in [1.82, 2.24) is 34.9 Å². The minimum absolute atomic E-state index is 0.0223. The van der Waals surface area contributed by atoms with Crippen molar-refractivity contribution in [3.8, 4) is 22.9 Å². The molecular weight excluding hydrogens is 803 g/mol. The third-order valence-corrected chi connectivity index (χ3v) is 14.4. The zero-order chi connectivity index (χ0) is 42.3. The molecule has 3 N–H and O–H groups in total. The first kappa shape index (κ1) is 40.7. The van der Waals surface area contributed by atoms with Gasteiger partial charge in [0, 0.05) is 24.0 Å². The van der Waals surface area contributed by atoms with Gasteiger partial charge in [0.15, 0.2) is 5.65 Å². The van der Waals surface area contributed by atoms with Gasteiger partial charge in [0.25, 0.3) is 5.91 Å². The average molecular weight is 854 g/mol. The standard InChI is InChI=1S/C44H51N7O9S/c1-58-30-18-21-34-33(22-30)39-45-36(27-12-6-5-7-13-27)24-38(51(39)48-34)59-31-23-37-40(52)47-44(42(54)49-61(56,57)32-19-20-32)25-28(44)14-8-3-2-4-9-17-35(41(53)50(37)26-31)46-43(55)60-29-15-10-11-16-29/h5-8,12-14,18,21-22,24,28-29,31-32,35,37H,2-4,9-11,15-17,19-20,23,25-26H2,1H3,(H,46,55)(H,47,52)(H,49,54)/b14-8-/t28-,31+,35-,37-,44+/m0/s1. The summed E-state index contributed by atoms with van der Waals surface area (Å²) in [7, 11) is -2.33. The molecule has 0 spiro atoms. The molecule has 2 aliphatic heterocycles. The van der Waals surface area contributed by atoms with Crippen LogP contribution in [0, 0.1) is 5.92 Å². The van der Waals surface area contributed by atoms with Crippen LogP contribution in [0.25, 0.3) is 27.8 Å². The molecule has 4 heterocycles. The average Bonchev–Trinajstić information content (AvgIpc) is 4.07. The van der Waals surface area contributed by atoms with Crippen LogP contribution in [0.15, 0.2) is 66.7 Å². The van der Waals surface area contributed by atoms with E-state index in [9.17, 15) is 27.6 Å². The molecule has 61 heavy (non-hydrogen) atoms. The summed E-state index contributed by atoms with van der Waals surface area (Å²) in [5.41, 5.74) is 1.08. The van der Waals surface area contributed by atoms with Gasteiger partial charge >= 0.3 is 6.09 Å². The van der Waals surface area contributed by atoms with Crippen LogP contribution in [0.4, 0.5) is 4.79 Å². The number of rotatable bonds is 9. The van der Waals surface area contributed by atoms with Crippen LogP contribution in [-0.2, 0) is 29.1 Å². The van der Waals surface area contributed by atoms with Crippen LogP contribution >= 0.6 is 0 Å². The van der Waals surface area contributed by atoms with Gasteiger partial charge in [-0.1, -0.05) is 55.3 Å². The first-order valence-corrected chi connectivity index (χ1v) is 23.0. The first-order chi connectivity index (χ1) is 29.5. The van der Waals surface area contributed by atoms with Crippen molar-refractivity contribution in [2.24, 2.45) is 5.92 Å². The number of hydrogen-bond donors (Lipinski definition) is 3. The molecule has 4 fully saturated rings. The highest BCUT2D eigenvalue weighted by atomic mass is 32.2. The summed E-state index contributed by atoms with van der Waals surface area (Å²) in [6, 6.07) is 14.7. The van der Waals surface area contributed by atoms with E-state index in [4.69, 9.17) is 24.3 Å². The zero-order valence-electron chi connectivity index (χ0n) is 34.1. The smallest absolute Gasteiger partial charge is 0.408 e. The molecular formula is C44H51N7O9S. The number of nitrogens with one attached hydrogen (secondary N) is 3. The Morgan fingerprint density at radius 1 is 0.934 bits per heavy atom. The molecule has 2 aromatic carbocycles. The lowest BCUT2D eigenvalue weighted by atomic mass is 10.0. The van der Waals surface area contributed by atoms with Crippen LogP contribution < -0.4 is 24.8 Å². The molecule has 322 valence electrons. The summed E-state index contributed by atoms with van der Waals surface area (Å²) in [4.78, 5) is 63.0. The molecule has 0 unspecified atom stereocenters. The summed E-state index contributed by atoms with van der Waals surface area (Å²) in [6.07, 6.45) is 10.00. The lowest BCUT2D eigenvalue weighted by Gasteiger charge is -2.30. The molecule has 3 saturated carbocycles. The SMILES string of the molecule is COc1ccc2nn3c(O[C@@H]4C[C@H]5C(=O)N[C@]6(C(=O)NS(=O)(=O)C7CC7)C[C@@H]6/C=C\CCCCC[C@H](NC(=O)OC6CCCC6)C(=O)N5C4)cc(-c4ccccc4)nc3c2c1. The molecule has 17 heteroatoms. The number of carbonyl (C=O) groups is 4. The number of ether oxygens (including phenoxy) is 3. The molecule has 4 aromatic rings. The van der Waals surface area contributed by atoms with Crippen LogP contribution in [0.5, 0.6) is 11.6 Å². The molecule has 9 rings (SSSR count). The van der Waals surface area contributed by atoms with Crippen LogP contribution in [0.3, 0.4) is 0 Å². The van der Waals surface area contributed by atoms with E-state index in [1.165, 1.54) is 4.90 Å². The number of carbonyl (C=O) groups excluding carboxylic acids is 4. The second-order valence-electron chi connectivity index (χ2n) is 17.0. The Kier molecular flexibility index (Phi) is 11.1. The maximum absolute atomic E-state index is 14.8. The fraction of sp³-hybridized carbons (Fsp3) is 0.500. The van der Waals surface area contributed by atoms with Crippen molar-refractivity contribution in [1.29, 1.82) is 0 Å². The Balaban J connectivity index is 1.06. The second-order valence-corrected chi connectivity index (χ2v) is 18.9. The van der Waals surface area contributed by atoms with Crippen molar-refractivity contribution >= 4 is 50.4 Å². The van der Waals surface area contributed by atoms with Gasteiger partial charge in [-0.25, -0.2) is 18.2 Å². The van der Waals surface area contributed by atoms with Gasteiger partial charge in [-0.15, -0.1) is 0 Å². The van der Waals surface area contributed by atoms with E-state index in [0.717, 1.165) is 49.5 Å². The van der Waals surface area contributed by atoms with Crippen molar-refractivity contribution in [2.75, 3.05) is 13.7 Å². The highest BCUT2D eigenvalue weighted by molar-refractivity contribution is 7.91. The fourth-order valence-corrected chi connectivity index (χ4v) is 10.3. The Labute approximate surface area is 353 Å². The van der Waals surface area contributed by atoms with Crippen molar-refractivity contribution in [2.45, 2.75) is 119 Å². The number of amides is 4. The van der Waals surface area contributed by atoms with Gasteiger partial charge in [-0.2, -0.15) is 9.61 Å². The predicted octanol–water partition coefficient (Wildman–Crippen LogP) is 4.95. The minimum Gasteiger partial charge on any atom is -0.497 e. The fourth-order valence-electron chi connectivity index (χ4n) is 8.96. The number of nitrogens with zero attached hydrogens (tertiary/aromatic N) is 4. The summed E-state index contributed by atoms with van der Waals surface area (Å²) in [5, 5.41) is 10.7. The van der Waals surface area contributed by atoms with Crippen LogP contribution in [0.1, 0.15) is 83.5 Å². The number of hydrogen-bond acceptors (Lipinski definition) is 11. The van der Waals surface area contributed by atoms with Crippen molar-refractivity contribution in [3.63, 3.8) is 0 Å². The van der Waals surface area contributed by atoms with Gasteiger partial charge in [0.1, 0.15) is 35.6 Å². The molecule has 0 radical (unpaired) electrons. The molecule has 1 saturated heterocycles. The number of alkyl carbamates (subject to hydrolysis) is 1. The summed E-state index contributed by atoms with van der Waals surface area (Å²) in [6.45, 7) is -0.0372. The highest BCUT2D eigenvalue weighted by Crippen LogP contribution is 2.46.